The lowest BCUT2D eigenvalue weighted by molar-refractivity contribution is -0.240. The van der Waals surface area contributed by atoms with Gasteiger partial charge in [-0.2, -0.15) is 0 Å². The molecule has 1 rings (SSSR count). The van der Waals surface area contributed by atoms with Crippen molar-refractivity contribution < 1.29 is 19.4 Å². The average Bonchev–Trinajstić information content (AvgIpc) is 1.85. The Labute approximate surface area is 65.1 Å². The summed E-state index contributed by atoms with van der Waals surface area (Å²) < 4.78 is 9.99. The number of hydrogen-bond acceptors (Lipinski definition) is 3. The summed E-state index contributed by atoms with van der Waals surface area (Å²) in [7, 11) is 0. The van der Waals surface area contributed by atoms with Gasteiger partial charge in [0.1, 0.15) is 0 Å². The van der Waals surface area contributed by atoms with Crippen LogP contribution in [-0.4, -0.2) is 29.6 Å². The van der Waals surface area contributed by atoms with Crippen molar-refractivity contribution in [3.05, 3.63) is 0 Å². The first-order chi connectivity index (χ1) is 5.09. The largest absolute Gasteiger partial charge is 0.477 e. The van der Waals surface area contributed by atoms with Crippen LogP contribution in [0.1, 0.15) is 20.3 Å². The van der Waals surface area contributed by atoms with E-state index in [4.69, 9.17) is 14.6 Å². The fourth-order valence-electron chi connectivity index (χ4n) is 1.15. The third kappa shape index (κ3) is 2.17. The van der Waals surface area contributed by atoms with Crippen LogP contribution in [0.3, 0.4) is 0 Å². The first-order valence-electron chi connectivity index (χ1n) is 3.63. The van der Waals surface area contributed by atoms with Crippen molar-refractivity contribution in [3.63, 3.8) is 0 Å². The standard InChI is InChI=1S/C7H12O4/c1-4-3-5(2)11-7(10-4)6(8)9/h4-5,7H,3H2,1-2H3,(H,8,9). The Kier molecular flexibility index (Phi) is 2.46. The van der Waals surface area contributed by atoms with Crippen LogP contribution in [0.2, 0.25) is 0 Å². The zero-order valence-corrected chi connectivity index (χ0v) is 6.61. The Bertz CT molecular complexity index is 147. The molecule has 1 heterocycles. The van der Waals surface area contributed by atoms with Crippen molar-refractivity contribution >= 4 is 5.97 Å². The number of carbonyl (C=O) groups is 1. The number of hydrogen-bond donors (Lipinski definition) is 1. The molecule has 0 aromatic rings. The van der Waals surface area contributed by atoms with E-state index in [2.05, 4.69) is 0 Å². The number of rotatable bonds is 1. The molecule has 0 aromatic carbocycles. The van der Waals surface area contributed by atoms with E-state index in [1.54, 1.807) is 0 Å². The van der Waals surface area contributed by atoms with E-state index in [1.807, 2.05) is 13.8 Å². The molecule has 1 fully saturated rings. The second kappa shape index (κ2) is 3.19. The van der Waals surface area contributed by atoms with Gasteiger partial charge in [0.15, 0.2) is 0 Å². The smallest absolute Gasteiger partial charge is 0.361 e. The summed E-state index contributed by atoms with van der Waals surface area (Å²) in [6.45, 7) is 3.68. The van der Waals surface area contributed by atoms with Crippen LogP contribution in [0, 0.1) is 0 Å². The lowest BCUT2D eigenvalue weighted by Gasteiger charge is -2.29. The maximum absolute atomic E-state index is 10.4. The topological polar surface area (TPSA) is 55.8 Å². The number of ether oxygens (including phenoxy) is 2. The van der Waals surface area contributed by atoms with Gasteiger partial charge in [-0.15, -0.1) is 0 Å². The van der Waals surface area contributed by atoms with Gasteiger partial charge in [-0.1, -0.05) is 0 Å². The molecule has 1 aliphatic heterocycles. The summed E-state index contributed by atoms with van der Waals surface area (Å²) in [5.41, 5.74) is 0. The molecule has 4 heteroatoms. The molecule has 1 saturated heterocycles. The summed E-state index contributed by atoms with van der Waals surface area (Å²) >= 11 is 0. The monoisotopic (exact) mass is 160 g/mol. The molecule has 0 saturated carbocycles. The maximum atomic E-state index is 10.4. The molecule has 2 unspecified atom stereocenters. The van der Waals surface area contributed by atoms with E-state index in [1.165, 1.54) is 0 Å². The van der Waals surface area contributed by atoms with Crippen LogP contribution in [0.25, 0.3) is 0 Å². The highest BCUT2D eigenvalue weighted by atomic mass is 16.7. The second-order valence-corrected chi connectivity index (χ2v) is 2.80. The van der Waals surface area contributed by atoms with Gasteiger partial charge in [0.2, 0.25) is 0 Å². The predicted octanol–water partition coefficient (Wildman–Crippen LogP) is 0.611. The van der Waals surface area contributed by atoms with Crippen molar-refractivity contribution in [2.75, 3.05) is 0 Å². The van der Waals surface area contributed by atoms with E-state index in [-0.39, 0.29) is 12.2 Å². The first-order valence-corrected chi connectivity index (χ1v) is 3.63. The molecule has 64 valence electrons. The molecular weight excluding hydrogens is 148 g/mol. The van der Waals surface area contributed by atoms with Gasteiger partial charge in [-0.3, -0.25) is 0 Å². The fourth-order valence-corrected chi connectivity index (χ4v) is 1.15. The summed E-state index contributed by atoms with van der Waals surface area (Å²) in [6, 6.07) is 0. The third-order valence-electron chi connectivity index (χ3n) is 1.58. The Morgan fingerprint density at radius 3 is 2.18 bits per heavy atom. The van der Waals surface area contributed by atoms with Crippen LogP contribution >= 0.6 is 0 Å². The van der Waals surface area contributed by atoms with Gasteiger partial charge < -0.3 is 14.6 Å². The van der Waals surface area contributed by atoms with Crippen LogP contribution in [0.5, 0.6) is 0 Å². The van der Waals surface area contributed by atoms with Crippen LogP contribution in [0.15, 0.2) is 0 Å². The van der Waals surface area contributed by atoms with E-state index in [0.717, 1.165) is 6.42 Å². The fraction of sp³-hybridized carbons (Fsp3) is 0.857. The molecule has 0 amide bonds. The number of aliphatic carboxylic acids is 1. The highest BCUT2D eigenvalue weighted by Gasteiger charge is 2.29. The van der Waals surface area contributed by atoms with Crippen LogP contribution in [-0.2, 0) is 14.3 Å². The van der Waals surface area contributed by atoms with Gasteiger partial charge in [-0.25, -0.2) is 4.79 Å². The van der Waals surface area contributed by atoms with Gasteiger partial charge in [0.05, 0.1) is 12.2 Å². The van der Waals surface area contributed by atoms with E-state index >= 15 is 0 Å². The Balaban J connectivity index is 2.49. The van der Waals surface area contributed by atoms with Crippen molar-refractivity contribution in [3.8, 4) is 0 Å². The van der Waals surface area contributed by atoms with Crippen molar-refractivity contribution in [1.29, 1.82) is 0 Å². The zero-order valence-electron chi connectivity index (χ0n) is 6.61. The zero-order chi connectivity index (χ0) is 8.43. The number of carboxylic acids is 1. The summed E-state index contributed by atoms with van der Waals surface area (Å²) in [4.78, 5) is 10.4. The average molecular weight is 160 g/mol. The Hall–Kier alpha value is -0.610. The minimum Gasteiger partial charge on any atom is -0.477 e. The molecule has 1 aliphatic rings. The summed E-state index contributed by atoms with van der Waals surface area (Å²) in [5.74, 6) is -1.05. The lowest BCUT2D eigenvalue weighted by Crippen LogP contribution is -2.40. The van der Waals surface area contributed by atoms with E-state index in [9.17, 15) is 4.79 Å². The molecule has 0 bridgehead atoms. The Morgan fingerprint density at radius 2 is 1.82 bits per heavy atom. The highest BCUT2D eigenvalue weighted by molar-refractivity contribution is 5.70. The van der Waals surface area contributed by atoms with E-state index < -0.39 is 12.3 Å². The molecule has 2 atom stereocenters. The molecule has 0 aliphatic carbocycles. The molecule has 1 N–H and O–H groups in total. The summed E-state index contributed by atoms with van der Waals surface area (Å²) in [6.07, 6.45) is -0.377. The van der Waals surface area contributed by atoms with Gasteiger partial charge in [0.25, 0.3) is 6.29 Å². The SMILES string of the molecule is CC1CC(C)OC(C(=O)O)O1. The molecular formula is C7H12O4. The van der Waals surface area contributed by atoms with Gasteiger partial charge in [0, 0.05) is 0 Å². The quantitative estimate of drug-likeness (QED) is 0.610. The molecule has 0 aromatic heterocycles. The Morgan fingerprint density at radius 1 is 1.36 bits per heavy atom. The predicted molar refractivity (Wildman–Crippen MR) is 37.1 cm³/mol. The van der Waals surface area contributed by atoms with Gasteiger partial charge >= 0.3 is 5.97 Å². The van der Waals surface area contributed by atoms with Gasteiger partial charge in [-0.05, 0) is 20.3 Å². The minimum absolute atomic E-state index is 0.0279. The molecule has 0 spiro atoms. The van der Waals surface area contributed by atoms with Crippen LogP contribution < -0.4 is 0 Å². The first kappa shape index (κ1) is 8.49. The lowest BCUT2D eigenvalue weighted by atomic mass is 10.2. The van der Waals surface area contributed by atoms with Crippen molar-refractivity contribution in [2.24, 2.45) is 0 Å². The minimum atomic E-state index is -1.08. The molecule has 0 radical (unpaired) electrons. The molecule has 11 heavy (non-hydrogen) atoms. The van der Waals surface area contributed by atoms with Crippen molar-refractivity contribution in [2.45, 2.75) is 38.8 Å². The maximum Gasteiger partial charge on any atom is 0.361 e. The summed E-state index contributed by atoms with van der Waals surface area (Å²) in [5, 5.41) is 8.52. The van der Waals surface area contributed by atoms with Crippen LogP contribution in [0.4, 0.5) is 0 Å². The highest BCUT2D eigenvalue weighted by Crippen LogP contribution is 2.17. The molecule has 4 nitrogen and oxygen atoms in total. The third-order valence-corrected chi connectivity index (χ3v) is 1.58. The normalized spacial score (nSPS) is 38.5. The van der Waals surface area contributed by atoms with E-state index in [0.29, 0.717) is 0 Å². The number of carboxylic acid groups (broad SMARTS) is 1. The second-order valence-electron chi connectivity index (χ2n) is 2.80. The van der Waals surface area contributed by atoms with Crippen molar-refractivity contribution in [1.82, 2.24) is 0 Å².